The van der Waals surface area contributed by atoms with Gasteiger partial charge in [-0.25, -0.2) is 4.79 Å². The molecule has 0 aromatic carbocycles. The number of carbonyl (C=O) groups is 1. The van der Waals surface area contributed by atoms with Gasteiger partial charge in [-0.1, -0.05) is 0 Å². The standard InChI is InChI=1S/C13H11N3OS/c17-13-15-6-11(10-3-5-18-9-10)8-16(13)12-2-1-4-14-7-12/h1-7,9H,8H2,(H,15,17). The summed E-state index contributed by atoms with van der Waals surface area (Å²) in [4.78, 5) is 17.6. The highest BCUT2D eigenvalue weighted by Crippen LogP contribution is 2.23. The molecule has 1 aliphatic heterocycles. The third kappa shape index (κ3) is 2.00. The summed E-state index contributed by atoms with van der Waals surface area (Å²) in [7, 11) is 0. The van der Waals surface area contributed by atoms with Gasteiger partial charge in [-0.2, -0.15) is 11.3 Å². The van der Waals surface area contributed by atoms with Crippen LogP contribution in [0.25, 0.3) is 5.57 Å². The molecule has 0 radical (unpaired) electrons. The third-order valence-electron chi connectivity index (χ3n) is 2.79. The molecule has 2 aromatic rings. The van der Waals surface area contributed by atoms with E-state index in [0.717, 1.165) is 16.8 Å². The van der Waals surface area contributed by atoms with Gasteiger partial charge in [-0.15, -0.1) is 0 Å². The van der Waals surface area contributed by atoms with E-state index in [-0.39, 0.29) is 6.03 Å². The SMILES string of the molecule is O=C1NC=C(c2ccsc2)CN1c1cccnc1. The average molecular weight is 257 g/mol. The number of hydrogen-bond acceptors (Lipinski definition) is 3. The largest absolute Gasteiger partial charge is 0.326 e. The van der Waals surface area contributed by atoms with E-state index >= 15 is 0 Å². The molecule has 5 heteroatoms. The molecular formula is C13H11N3OS. The van der Waals surface area contributed by atoms with Crippen molar-refractivity contribution in [3.63, 3.8) is 0 Å². The van der Waals surface area contributed by atoms with Gasteiger partial charge in [-0.3, -0.25) is 9.88 Å². The number of hydrogen-bond donors (Lipinski definition) is 1. The Bertz CT molecular complexity index is 578. The molecule has 2 aromatic heterocycles. The summed E-state index contributed by atoms with van der Waals surface area (Å²) in [6.07, 6.45) is 5.16. The minimum Gasteiger partial charge on any atom is -0.314 e. The molecule has 0 saturated carbocycles. The number of carbonyl (C=O) groups excluding carboxylic acids is 1. The topological polar surface area (TPSA) is 45.2 Å². The Hall–Kier alpha value is -2.14. The average Bonchev–Trinajstić information content (AvgIpc) is 2.94. The van der Waals surface area contributed by atoms with Crippen molar-refractivity contribution in [2.75, 3.05) is 11.4 Å². The monoisotopic (exact) mass is 257 g/mol. The first-order valence-electron chi connectivity index (χ1n) is 5.54. The minimum absolute atomic E-state index is 0.123. The zero-order chi connectivity index (χ0) is 12.4. The molecule has 2 amide bonds. The summed E-state index contributed by atoms with van der Waals surface area (Å²) in [5.41, 5.74) is 3.05. The second kappa shape index (κ2) is 4.62. The fourth-order valence-corrected chi connectivity index (χ4v) is 2.54. The summed E-state index contributed by atoms with van der Waals surface area (Å²) in [6.45, 7) is 0.564. The van der Waals surface area contributed by atoms with Gasteiger partial charge in [0.2, 0.25) is 0 Å². The molecule has 0 bridgehead atoms. The number of pyridine rings is 1. The van der Waals surface area contributed by atoms with Crippen LogP contribution in [-0.4, -0.2) is 17.6 Å². The molecule has 0 spiro atoms. The molecule has 0 saturated heterocycles. The second-order valence-electron chi connectivity index (χ2n) is 3.93. The minimum atomic E-state index is -0.123. The summed E-state index contributed by atoms with van der Waals surface area (Å²) in [6, 6.07) is 5.63. The van der Waals surface area contributed by atoms with E-state index < -0.39 is 0 Å². The molecule has 1 N–H and O–H groups in total. The maximum Gasteiger partial charge on any atom is 0.326 e. The number of urea groups is 1. The van der Waals surface area contributed by atoms with Crippen LogP contribution in [0, 0.1) is 0 Å². The number of nitrogens with zero attached hydrogens (tertiary/aromatic N) is 2. The first-order chi connectivity index (χ1) is 8.84. The molecular weight excluding hydrogens is 246 g/mol. The van der Waals surface area contributed by atoms with Crippen LogP contribution in [0.2, 0.25) is 0 Å². The van der Waals surface area contributed by atoms with Crippen LogP contribution < -0.4 is 10.2 Å². The van der Waals surface area contributed by atoms with Gasteiger partial charge in [0.1, 0.15) is 0 Å². The molecule has 18 heavy (non-hydrogen) atoms. The number of rotatable bonds is 2. The fraction of sp³-hybridized carbons (Fsp3) is 0.0769. The van der Waals surface area contributed by atoms with E-state index in [1.807, 2.05) is 17.5 Å². The zero-order valence-corrected chi connectivity index (χ0v) is 10.4. The number of amides is 2. The van der Waals surface area contributed by atoms with Gasteiger partial charge in [0.05, 0.1) is 18.4 Å². The molecule has 0 atom stereocenters. The lowest BCUT2D eigenvalue weighted by molar-refractivity contribution is 0.249. The predicted molar refractivity (Wildman–Crippen MR) is 72.4 cm³/mol. The van der Waals surface area contributed by atoms with Crippen LogP contribution in [0.4, 0.5) is 10.5 Å². The quantitative estimate of drug-likeness (QED) is 0.899. The van der Waals surface area contributed by atoms with Crippen LogP contribution in [0.5, 0.6) is 0 Å². The Morgan fingerprint density at radius 3 is 3.06 bits per heavy atom. The molecule has 0 aliphatic carbocycles. The van der Waals surface area contributed by atoms with Crippen molar-refractivity contribution in [1.82, 2.24) is 10.3 Å². The third-order valence-corrected chi connectivity index (χ3v) is 3.48. The Kier molecular flexibility index (Phi) is 2.82. The summed E-state index contributed by atoms with van der Waals surface area (Å²) in [5, 5.41) is 6.87. The predicted octanol–water partition coefficient (Wildman–Crippen LogP) is 2.71. The Labute approximate surface area is 109 Å². The fourth-order valence-electron chi connectivity index (χ4n) is 1.86. The Balaban J connectivity index is 1.90. The highest BCUT2D eigenvalue weighted by atomic mass is 32.1. The van der Waals surface area contributed by atoms with Crippen LogP contribution in [0.3, 0.4) is 0 Å². The van der Waals surface area contributed by atoms with Gasteiger partial charge in [0, 0.05) is 12.4 Å². The number of nitrogens with one attached hydrogen (secondary N) is 1. The maximum atomic E-state index is 11.9. The van der Waals surface area contributed by atoms with Crippen LogP contribution in [0.15, 0.2) is 47.6 Å². The molecule has 90 valence electrons. The summed E-state index contributed by atoms with van der Waals surface area (Å²) in [5.74, 6) is 0. The van der Waals surface area contributed by atoms with Crippen LogP contribution >= 0.6 is 11.3 Å². The molecule has 0 unspecified atom stereocenters. The highest BCUT2D eigenvalue weighted by molar-refractivity contribution is 7.08. The Morgan fingerprint density at radius 2 is 2.33 bits per heavy atom. The van der Waals surface area contributed by atoms with Crippen molar-refractivity contribution < 1.29 is 4.79 Å². The van der Waals surface area contributed by atoms with Crippen molar-refractivity contribution >= 4 is 28.6 Å². The second-order valence-corrected chi connectivity index (χ2v) is 4.71. The normalized spacial score (nSPS) is 15.2. The van der Waals surface area contributed by atoms with Crippen molar-refractivity contribution in [2.45, 2.75) is 0 Å². The zero-order valence-electron chi connectivity index (χ0n) is 9.54. The van der Waals surface area contributed by atoms with E-state index in [9.17, 15) is 4.79 Å². The molecule has 3 rings (SSSR count). The maximum absolute atomic E-state index is 11.9. The van der Waals surface area contributed by atoms with Gasteiger partial charge >= 0.3 is 6.03 Å². The van der Waals surface area contributed by atoms with Crippen molar-refractivity contribution in [3.05, 3.63) is 53.1 Å². The first-order valence-corrected chi connectivity index (χ1v) is 6.48. The van der Waals surface area contributed by atoms with Crippen molar-refractivity contribution in [3.8, 4) is 0 Å². The molecule has 3 heterocycles. The Morgan fingerprint density at radius 1 is 1.39 bits per heavy atom. The van der Waals surface area contributed by atoms with E-state index in [1.54, 1.807) is 34.8 Å². The number of thiophene rings is 1. The lowest BCUT2D eigenvalue weighted by Crippen LogP contribution is -2.42. The molecule has 0 fully saturated rings. The van der Waals surface area contributed by atoms with E-state index in [4.69, 9.17) is 0 Å². The van der Waals surface area contributed by atoms with Gasteiger partial charge in [-0.05, 0) is 40.1 Å². The van der Waals surface area contributed by atoms with Gasteiger partial charge in [0.15, 0.2) is 0 Å². The van der Waals surface area contributed by atoms with E-state index in [2.05, 4.69) is 21.7 Å². The lowest BCUT2D eigenvalue weighted by atomic mass is 10.1. The summed E-state index contributed by atoms with van der Waals surface area (Å²) >= 11 is 1.65. The van der Waals surface area contributed by atoms with Gasteiger partial charge < -0.3 is 5.32 Å². The van der Waals surface area contributed by atoms with Crippen molar-refractivity contribution in [2.24, 2.45) is 0 Å². The van der Waals surface area contributed by atoms with Crippen molar-refractivity contribution in [1.29, 1.82) is 0 Å². The molecule has 1 aliphatic rings. The van der Waals surface area contributed by atoms with E-state index in [1.165, 1.54) is 0 Å². The lowest BCUT2D eigenvalue weighted by Gasteiger charge is -2.27. The number of aromatic nitrogens is 1. The smallest absolute Gasteiger partial charge is 0.314 e. The van der Waals surface area contributed by atoms with E-state index in [0.29, 0.717) is 6.54 Å². The first kappa shape index (κ1) is 11.0. The number of anilines is 1. The summed E-state index contributed by atoms with van der Waals surface area (Å²) < 4.78 is 0. The molecule has 4 nitrogen and oxygen atoms in total. The highest BCUT2D eigenvalue weighted by Gasteiger charge is 2.21. The van der Waals surface area contributed by atoms with Crippen LogP contribution in [-0.2, 0) is 0 Å². The van der Waals surface area contributed by atoms with Gasteiger partial charge in [0.25, 0.3) is 0 Å². The van der Waals surface area contributed by atoms with Crippen LogP contribution in [0.1, 0.15) is 5.56 Å².